The number of nitrogens with one attached hydrogen (secondary N) is 1. The molecule has 2 heterocycles. The van der Waals surface area contributed by atoms with Crippen LogP contribution in [0.25, 0.3) is 5.69 Å². The van der Waals surface area contributed by atoms with Gasteiger partial charge in [-0.05, 0) is 18.2 Å². The van der Waals surface area contributed by atoms with E-state index in [0.29, 0.717) is 4.57 Å². The maximum Gasteiger partial charge on any atom is 0.337 e. The number of amides is 2. The lowest BCUT2D eigenvalue weighted by Crippen LogP contribution is -2.26. The highest BCUT2D eigenvalue weighted by molar-refractivity contribution is 6.23. The maximum absolute atomic E-state index is 12.4. The second-order valence-electron chi connectivity index (χ2n) is 5.12. The second kappa shape index (κ2) is 5.30. The molecule has 0 fully saturated rings. The molecule has 0 radical (unpaired) electrons. The van der Waals surface area contributed by atoms with Crippen molar-refractivity contribution in [2.45, 2.75) is 0 Å². The summed E-state index contributed by atoms with van der Waals surface area (Å²) in [5.41, 5.74) is 3.43. The summed E-state index contributed by atoms with van der Waals surface area (Å²) in [5, 5.41) is 20.3. The predicted molar refractivity (Wildman–Crippen MR) is 82.2 cm³/mol. The van der Waals surface area contributed by atoms with Gasteiger partial charge in [0.15, 0.2) is 0 Å². The second-order valence-corrected chi connectivity index (χ2v) is 5.12. The van der Waals surface area contributed by atoms with Crippen LogP contribution in [0.2, 0.25) is 0 Å². The molecule has 10 nitrogen and oxygen atoms in total. The number of pyridine rings is 1. The van der Waals surface area contributed by atoms with Crippen LogP contribution in [0.3, 0.4) is 0 Å². The zero-order chi connectivity index (χ0) is 18.5. The Balaban J connectivity index is 2.40. The number of rotatable bonds is 3. The van der Waals surface area contributed by atoms with E-state index in [-0.39, 0.29) is 22.4 Å². The van der Waals surface area contributed by atoms with Crippen molar-refractivity contribution in [3.05, 3.63) is 56.9 Å². The van der Waals surface area contributed by atoms with E-state index in [1.165, 1.54) is 0 Å². The number of benzene rings is 1. The van der Waals surface area contributed by atoms with Crippen LogP contribution in [0, 0.1) is 0 Å². The lowest BCUT2D eigenvalue weighted by Gasteiger charge is -2.14. The number of aromatic carboxylic acids is 2. The van der Waals surface area contributed by atoms with Gasteiger partial charge in [0.1, 0.15) is 5.82 Å². The van der Waals surface area contributed by atoms with Gasteiger partial charge in [0.25, 0.3) is 17.4 Å². The highest BCUT2D eigenvalue weighted by Crippen LogP contribution is 2.25. The van der Waals surface area contributed by atoms with E-state index >= 15 is 0 Å². The quantitative estimate of drug-likeness (QED) is 0.550. The van der Waals surface area contributed by atoms with Crippen molar-refractivity contribution in [2.24, 2.45) is 0 Å². The maximum atomic E-state index is 12.4. The molecule has 1 aliphatic rings. The van der Waals surface area contributed by atoms with Gasteiger partial charge < -0.3 is 15.9 Å². The Kier molecular flexibility index (Phi) is 3.38. The molecular weight excluding hydrogens is 334 g/mol. The molecule has 1 aromatic carbocycles. The number of hydrogen-bond donors (Lipinski definition) is 4. The van der Waals surface area contributed by atoms with Gasteiger partial charge >= 0.3 is 11.9 Å². The summed E-state index contributed by atoms with van der Waals surface area (Å²) in [7, 11) is 0. The summed E-state index contributed by atoms with van der Waals surface area (Å²) in [4.78, 5) is 58.4. The molecule has 0 aliphatic carbocycles. The van der Waals surface area contributed by atoms with Crippen molar-refractivity contribution in [3.8, 4) is 5.69 Å². The Morgan fingerprint density at radius 1 is 1.00 bits per heavy atom. The van der Waals surface area contributed by atoms with Gasteiger partial charge in [0.05, 0.1) is 27.9 Å². The number of hydrogen-bond acceptors (Lipinski definition) is 6. The average Bonchev–Trinajstić information content (AvgIpc) is 2.81. The number of aromatic nitrogens is 1. The van der Waals surface area contributed by atoms with Crippen LogP contribution in [-0.2, 0) is 0 Å². The fraction of sp³-hybridized carbons (Fsp3) is 0. The van der Waals surface area contributed by atoms with Crippen molar-refractivity contribution >= 4 is 29.6 Å². The molecule has 1 aliphatic heterocycles. The summed E-state index contributed by atoms with van der Waals surface area (Å²) in [6.07, 6.45) is 0. The first-order valence-corrected chi connectivity index (χ1v) is 6.74. The Labute approximate surface area is 138 Å². The van der Waals surface area contributed by atoms with E-state index in [0.717, 1.165) is 24.3 Å². The molecule has 0 saturated heterocycles. The minimum Gasteiger partial charge on any atom is -0.478 e. The molecule has 2 aromatic rings. The fourth-order valence-corrected chi connectivity index (χ4v) is 2.56. The summed E-state index contributed by atoms with van der Waals surface area (Å²) in [5.74, 6) is -4.87. The zero-order valence-electron chi connectivity index (χ0n) is 12.3. The smallest absolute Gasteiger partial charge is 0.337 e. The van der Waals surface area contributed by atoms with Gasteiger partial charge in [-0.15, -0.1) is 0 Å². The van der Waals surface area contributed by atoms with Crippen LogP contribution in [0.15, 0.2) is 29.1 Å². The number of fused-ring (bicyclic) bond motifs is 1. The molecule has 1 aromatic heterocycles. The summed E-state index contributed by atoms with van der Waals surface area (Å²) in [6, 6.07) is 3.85. The van der Waals surface area contributed by atoms with Crippen LogP contribution in [0.1, 0.15) is 41.4 Å². The zero-order valence-corrected chi connectivity index (χ0v) is 12.3. The largest absolute Gasteiger partial charge is 0.478 e. The third-order valence-electron chi connectivity index (χ3n) is 3.67. The Morgan fingerprint density at radius 3 is 2.28 bits per heavy atom. The van der Waals surface area contributed by atoms with E-state index in [1.54, 1.807) is 0 Å². The number of carboxylic acids is 2. The lowest BCUT2D eigenvalue weighted by molar-refractivity contribution is 0.0681. The van der Waals surface area contributed by atoms with Crippen molar-refractivity contribution in [2.75, 3.05) is 5.73 Å². The molecule has 10 heteroatoms. The number of carbonyl (C=O) groups is 4. The van der Waals surface area contributed by atoms with E-state index in [9.17, 15) is 29.1 Å². The van der Waals surface area contributed by atoms with Gasteiger partial charge in [-0.25, -0.2) is 9.59 Å². The third kappa shape index (κ3) is 2.32. The first kappa shape index (κ1) is 15.9. The van der Waals surface area contributed by atoms with Crippen LogP contribution < -0.4 is 16.6 Å². The van der Waals surface area contributed by atoms with Crippen molar-refractivity contribution < 1.29 is 29.4 Å². The predicted octanol–water partition coefficient (Wildman–Crippen LogP) is -0.300. The van der Waals surface area contributed by atoms with Crippen LogP contribution in [0.5, 0.6) is 0 Å². The molecular formula is C15H9N3O7. The molecule has 0 atom stereocenters. The number of nitrogens with two attached hydrogens (primary N) is 1. The fourth-order valence-electron chi connectivity index (χ4n) is 2.56. The molecule has 126 valence electrons. The molecule has 2 amide bonds. The highest BCUT2D eigenvalue weighted by atomic mass is 16.4. The topological polar surface area (TPSA) is 169 Å². The third-order valence-corrected chi connectivity index (χ3v) is 3.67. The molecule has 3 rings (SSSR count). The van der Waals surface area contributed by atoms with Gasteiger partial charge in [0, 0.05) is 6.07 Å². The molecule has 5 N–H and O–H groups in total. The van der Waals surface area contributed by atoms with Gasteiger partial charge in [-0.2, -0.15) is 0 Å². The first-order valence-electron chi connectivity index (χ1n) is 6.74. The minimum absolute atomic E-state index is 0.227. The van der Waals surface area contributed by atoms with Crippen LogP contribution >= 0.6 is 0 Å². The van der Waals surface area contributed by atoms with Crippen LogP contribution in [-0.4, -0.2) is 38.5 Å². The lowest BCUT2D eigenvalue weighted by atomic mass is 10.1. The van der Waals surface area contributed by atoms with E-state index in [4.69, 9.17) is 10.8 Å². The standard InChI is InChI=1S/C15H9N3O7/c16-11-10-7(12(20)17-13(10)21)4-9(19)18(11)8-3-5(14(22)23)1-2-6(8)15(24)25/h1-4H,16H2,(H,22,23)(H,24,25)(H,17,20,21). The Bertz CT molecular complexity index is 1050. The van der Waals surface area contributed by atoms with Crippen molar-refractivity contribution in [1.29, 1.82) is 0 Å². The summed E-state index contributed by atoms with van der Waals surface area (Å²) in [6.45, 7) is 0. The van der Waals surface area contributed by atoms with Gasteiger partial charge in [-0.1, -0.05) is 0 Å². The number of carbonyl (C=O) groups excluding carboxylic acids is 2. The first-order chi connectivity index (χ1) is 11.7. The van der Waals surface area contributed by atoms with Crippen molar-refractivity contribution in [1.82, 2.24) is 9.88 Å². The number of anilines is 1. The normalized spacial score (nSPS) is 12.6. The molecule has 0 unspecified atom stereocenters. The number of nitrogens with zero attached hydrogens (tertiary/aromatic N) is 1. The summed E-state index contributed by atoms with van der Waals surface area (Å²) < 4.78 is 0.687. The Hall–Kier alpha value is -3.95. The van der Waals surface area contributed by atoms with Gasteiger partial charge in [0.2, 0.25) is 0 Å². The molecule has 25 heavy (non-hydrogen) atoms. The number of imide groups is 1. The van der Waals surface area contributed by atoms with Gasteiger partial charge in [-0.3, -0.25) is 24.3 Å². The van der Waals surface area contributed by atoms with E-state index < -0.39 is 40.7 Å². The summed E-state index contributed by atoms with van der Waals surface area (Å²) >= 11 is 0. The monoisotopic (exact) mass is 343 g/mol. The Morgan fingerprint density at radius 2 is 1.68 bits per heavy atom. The average molecular weight is 343 g/mol. The minimum atomic E-state index is -1.43. The van der Waals surface area contributed by atoms with E-state index in [1.807, 2.05) is 5.32 Å². The molecule has 0 bridgehead atoms. The molecule has 0 spiro atoms. The van der Waals surface area contributed by atoms with Crippen LogP contribution in [0.4, 0.5) is 5.82 Å². The molecule has 0 saturated carbocycles. The van der Waals surface area contributed by atoms with Crippen molar-refractivity contribution in [3.63, 3.8) is 0 Å². The number of carboxylic acid groups (broad SMARTS) is 2. The highest BCUT2D eigenvalue weighted by Gasteiger charge is 2.32. The SMILES string of the molecule is Nc1c2c(cc(=O)n1-c1cc(C(=O)O)ccc1C(=O)O)C(=O)NC2=O. The number of nitrogen functional groups attached to an aromatic ring is 1. The van der Waals surface area contributed by atoms with E-state index in [2.05, 4.69) is 0 Å².